The predicted molar refractivity (Wildman–Crippen MR) is 104 cm³/mol. The molecular formula is C19H12Cl3NO4. The number of β-amino-alcohol motifs (C(OH)–C–C–N with tert-alkyl or cyclic N) is 1. The molecule has 1 N–H and O–H groups in total. The Labute approximate surface area is 168 Å². The molecule has 0 fully saturated rings. The summed E-state index contributed by atoms with van der Waals surface area (Å²) in [6, 6.07) is 8.78. The van der Waals surface area contributed by atoms with Crippen molar-refractivity contribution >= 4 is 51.7 Å². The van der Waals surface area contributed by atoms with Crippen molar-refractivity contribution in [3.05, 3.63) is 78.6 Å². The van der Waals surface area contributed by atoms with Crippen LogP contribution in [0.3, 0.4) is 0 Å². The molecule has 138 valence electrons. The number of carbonyl (C=O) groups is 1. The SMILES string of the molecule is O=C1c2oc3ccc(Cl)cc3c(=O)c2C(c2ccc(Cl)c(Cl)c2)N1CCO. The molecule has 0 aliphatic carbocycles. The van der Waals surface area contributed by atoms with Gasteiger partial charge in [-0.1, -0.05) is 40.9 Å². The number of aliphatic hydroxyl groups excluding tert-OH is 1. The van der Waals surface area contributed by atoms with Crippen molar-refractivity contribution in [1.29, 1.82) is 0 Å². The van der Waals surface area contributed by atoms with Crippen LogP contribution in [0.25, 0.3) is 11.0 Å². The minimum Gasteiger partial charge on any atom is -0.450 e. The van der Waals surface area contributed by atoms with Crippen LogP contribution >= 0.6 is 34.8 Å². The first kappa shape index (κ1) is 18.3. The second-order valence-corrected chi connectivity index (χ2v) is 7.36. The summed E-state index contributed by atoms with van der Waals surface area (Å²) < 4.78 is 5.74. The van der Waals surface area contributed by atoms with Crippen molar-refractivity contribution in [2.45, 2.75) is 6.04 Å². The number of nitrogens with zero attached hydrogens (tertiary/aromatic N) is 1. The van der Waals surface area contributed by atoms with Gasteiger partial charge in [-0.05, 0) is 35.9 Å². The fourth-order valence-corrected chi connectivity index (χ4v) is 3.84. The summed E-state index contributed by atoms with van der Waals surface area (Å²) in [5, 5.41) is 10.7. The Bertz CT molecular complexity index is 1140. The molecular weight excluding hydrogens is 413 g/mol. The first-order valence-electron chi connectivity index (χ1n) is 8.05. The fourth-order valence-electron chi connectivity index (χ4n) is 3.36. The van der Waals surface area contributed by atoms with E-state index in [-0.39, 0.29) is 40.9 Å². The first-order valence-corrected chi connectivity index (χ1v) is 9.19. The van der Waals surface area contributed by atoms with Gasteiger partial charge in [0.05, 0.1) is 33.6 Å². The molecule has 1 amide bonds. The van der Waals surface area contributed by atoms with Gasteiger partial charge in [0, 0.05) is 11.6 Å². The third-order valence-electron chi connectivity index (χ3n) is 4.53. The highest BCUT2D eigenvalue weighted by atomic mass is 35.5. The highest BCUT2D eigenvalue weighted by Gasteiger charge is 2.42. The molecule has 4 rings (SSSR count). The second kappa shape index (κ2) is 6.84. The lowest BCUT2D eigenvalue weighted by Gasteiger charge is -2.24. The number of carbonyl (C=O) groups excluding carboxylic acids is 1. The maximum atomic E-state index is 13.2. The van der Waals surface area contributed by atoms with Gasteiger partial charge in [0.1, 0.15) is 5.58 Å². The summed E-state index contributed by atoms with van der Waals surface area (Å²) in [5.41, 5.74) is 0.717. The lowest BCUT2D eigenvalue weighted by molar-refractivity contribution is 0.0691. The number of benzene rings is 2. The molecule has 8 heteroatoms. The normalized spacial score (nSPS) is 16.2. The number of aliphatic hydroxyl groups is 1. The molecule has 0 saturated heterocycles. The molecule has 1 aromatic heterocycles. The monoisotopic (exact) mass is 423 g/mol. The number of hydrogen-bond acceptors (Lipinski definition) is 4. The zero-order valence-electron chi connectivity index (χ0n) is 13.7. The number of rotatable bonds is 3. The smallest absolute Gasteiger partial charge is 0.290 e. The molecule has 1 aliphatic heterocycles. The fraction of sp³-hybridized carbons (Fsp3) is 0.158. The number of hydrogen-bond donors (Lipinski definition) is 1. The number of amides is 1. The minimum atomic E-state index is -0.742. The molecule has 0 bridgehead atoms. The quantitative estimate of drug-likeness (QED) is 0.681. The van der Waals surface area contributed by atoms with Gasteiger partial charge in [0.15, 0.2) is 5.43 Å². The third kappa shape index (κ3) is 2.91. The van der Waals surface area contributed by atoms with Gasteiger partial charge >= 0.3 is 0 Å². The topological polar surface area (TPSA) is 70.8 Å². The Morgan fingerprint density at radius 2 is 1.81 bits per heavy atom. The lowest BCUT2D eigenvalue weighted by atomic mass is 9.98. The second-order valence-electron chi connectivity index (χ2n) is 6.11. The predicted octanol–water partition coefficient (Wildman–Crippen LogP) is 4.29. The Morgan fingerprint density at radius 1 is 1.04 bits per heavy atom. The van der Waals surface area contributed by atoms with Gasteiger partial charge in [0.25, 0.3) is 5.91 Å². The van der Waals surface area contributed by atoms with Crippen molar-refractivity contribution in [2.24, 2.45) is 0 Å². The number of halogens is 3. The van der Waals surface area contributed by atoms with Crippen LogP contribution in [0.2, 0.25) is 15.1 Å². The van der Waals surface area contributed by atoms with E-state index in [2.05, 4.69) is 0 Å². The van der Waals surface area contributed by atoms with Crippen LogP contribution in [0, 0.1) is 0 Å². The van der Waals surface area contributed by atoms with Crippen LogP contribution < -0.4 is 5.43 Å². The zero-order valence-corrected chi connectivity index (χ0v) is 16.0. The summed E-state index contributed by atoms with van der Waals surface area (Å²) in [5.74, 6) is -0.511. The highest BCUT2D eigenvalue weighted by Crippen LogP contribution is 2.39. The van der Waals surface area contributed by atoms with Crippen LogP contribution in [-0.4, -0.2) is 29.1 Å². The van der Waals surface area contributed by atoms with Crippen molar-refractivity contribution in [3.63, 3.8) is 0 Å². The zero-order chi connectivity index (χ0) is 19.3. The Kier molecular flexibility index (Phi) is 4.64. The molecule has 3 aromatic rings. The molecule has 27 heavy (non-hydrogen) atoms. The lowest BCUT2D eigenvalue weighted by Crippen LogP contribution is -2.32. The van der Waals surface area contributed by atoms with E-state index in [0.717, 1.165) is 0 Å². The van der Waals surface area contributed by atoms with Gasteiger partial charge < -0.3 is 14.4 Å². The summed E-state index contributed by atoms with van der Waals surface area (Å²) >= 11 is 18.1. The summed E-state index contributed by atoms with van der Waals surface area (Å²) in [7, 11) is 0. The van der Waals surface area contributed by atoms with Gasteiger partial charge in [-0.2, -0.15) is 0 Å². The van der Waals surface area contributed by atoms with Crippen molar-refractivity contribution in [2.75, 3.05) is 13.2 Å². The van der Waals surface area contributed by atoms with Crippen LogP contribution in [0.5, 0.6) is 0 Å². The van der Waals surface area contributed by atoms with Crippen LogP contribution in [0.1, 0.15) is 27.7 Å². The summed E-state index contributed by atoms with van der Waals surface area (Å²) in [6.45, 7) is -0.235. The van der Waals surface area contributed by atoms with Gasteiger partial charge in [-0.3, -0.25) is 9.59 Å². The van der Waals surface area contributed by atoms with Crippen LogP contribution in [-0.2, 0) is 0 Å². The van der Waals surface area contributed by atoms with E-state index in [9.17, 15) is 14.7 Å². The Hall–Kier alpha value is -2.05. The molecule has 0 spiro atoms. The van der Waals surface area contributed by atoms with Crippen molar-refractivity contribution < 1.29 is 14.3 Å². The van der Waals surface area contributed by atoms with Crippen molar-refractivity contribution in [1.82, 2.24) is 4.90 Å². The maximum absolute atomic E-state index is 13.2. The van der Waals surface area contributed by atoms with Gasteiger partial charge in [-0.25, -0.2) is 0 Å². The van der Waals surface area contributed by atoms with E-state index in [1.807, 2.05) is 0 Å². The molecule has 2 heterocycles. The van der Waals surface area contributed by atoms with E-state index in [0.29, 0.717) is 20.6 Å². The first-order chi connectivity index (χ1) is 12.9. The maximum Gasteiger partial charge on any atom is 0.290 e. The van der Waals surface area contributed by atoms with Gasteiger partial charge in [0.2, 0.25) is 5.76 Å². The summed E-state index contributed by atoms with van der Waals surface area (Å²) in [6.07, 6.45) is 0. The Morgan fingerprint density at radius 3 is 2.52 bits per heavy atom. The molecule has 1 unspecified atom stereocenters. The van der Waals surface area contributed by atoms with Crippen LogP contribution in [0.15, 0.2) is 45.6 Å². The molecule has 2 aromatic carbocycles. The molecule has 5 nitrogen and oxygen atoms in total. The van der Waals surface area contributed by atoms with E-state index in [1.54, 1.807) is 30.3 Å². The Balaban J connectivity index is 2.02. The van der Waals surface area contributed by atoms with Crippen molar-refractivity contribution in [3.8, 4) is 0 Å². The standard InChI is InChI=1S/C19H12Cl3NO4/c20-10-2-4-14-11(8-10)17(25)15-16(9-1-3-12(21)13(22)7-9)23(5-6-24)19(26)18(15)27-14/h1-4,7-8,16,24H,5-6H2. The van der Waals surface area contributed by atoms with Crippen LogP contribution in [0.4, 0.5) is 0 Å². The number of fused-ring (bicyclic) bond motifs is 2. The third-order valence-corrected chi connectivity index (χ3v) is 5.50. The molecule has 0 radical (unpaired) electrons. The summed E-state index contributed by atoms with van der Waals surface area (Å²) in [4.78, 5) is 27.5. The van der Waals surface area contributed by atoms with E-state index in [1.165, 1.54) is 11.0 Å². The minimum absolute atomic E-state index is 0.0322. The average Bonchev–Trinajstić information content (AvgIpc) is 2.91. The average molecular weight is 425 g/mol. The van der Waals surface area contributed by atoms with E-state index >= 15 is 0 Å². The largest absolute Gasteiger partial charge is 0.450 e. The van der Waals surface area contributed by atoms with E-state index in [4.69, 9.17) is 39.2 Å². The molecule has 1 atom stereocenters. The van der Waals surface area contributed by atoms with Gasteiger partial charge in [-0.15, -0.1) is 0 Å². The highest BCUT2D eigenvalue weighted by molar-refractivity contribution is 6.42. The molecule has 1 aliphatic rings. The van der Waals surface area contributed by atoms with E-state index < -0.39 is 11.9 Å². The molecule has 0 saturated carbocycles.